The molecule has 0 aliphatic heterocycles. The van der Waals surface area contributed by atoms with Crippen LogP contribution in [0.2, 0.25) is 0 Å². The van der Waals surface area contributed by atoms with Gasteiger partial charge >= 0.3 is 5.92 Å². The van der Waals surface area contributed by atoms with Gasteiger partial charge in [-0.2, -0.15) is 13.2 Å². The van der Waals surface area contributed by atoms with Crippen LogP contribution in [0, 0.1) is 0 Å². The molecule has 0 aromatic rings. The molecule has 0 fully saturated rings. The van der Waals surface area contributed by atoms with E-state index in [0.29, 0.717) is 0 Å². The minimum absolute atomic E-state index is 0.309. The zero-order valence-corrected chi connectivity index (χ0v) is 6.09. The third-order valence-corrected chi connectivity index (χ3v) is 3.42. The molecule has 0 aromatic heterocycles. The van der Waals surface area contributed by atoms with Crippen LogP contribution in [-0.4, -0.2) is 18.7 Å². The van der Waals surface area contributed by atoms with E-state index in [2.05, 4.69) is 0 Å². The van der Waals surface area contributed by atoms with E-state index >= 15 is 0 Å². The molecule has 0 rings (SSSR count). The Kier molecular flexibility index (Phi) is 2.34. The van der Waals surface area contributed by atoms with Gasteiger partial charge in [-0.25, -0.2) is 0 Å². The van der Waals surface area contributed by atoms with Crippen LogP contribution in [0.4, 0.5) is 13.2 Å². The second-order valence-electron chi connectivity index (χ2n) is 1.88. The topological polar surface area (TPSA) is 17.1 Å². The molecule has 1 nitrogen and oxygen atoms in total. The van der Waals surface area contributed by atoms with Gasteiger partial charge in [-0.3, -0.25) is 0 Å². The molecular formula is C4H8F3OP. The van der Waals surface area contributed by atoms with Crippen LogP contribution in [-0.2, 0) is 4.57 Å². The first kappa shape index (κ1) is 9.02. The third kappa shape index (κ3) is 2.01. The molecule has 1 unspecified atom stereocenters. The summed E-state index contributed by atoms with van der Waals surface area (Å²) in [5.74, 6) is -4.50. The lowest BCUT2D eigenvalue weighted by molar-refractivity contribution is -0.0459. The molecule has 0 N–H and O–H groups in total. The van der Waals surface area contributed by atoms with E-state index in [1.807, 2.05) is 0 Å². The molecule has 0 aromatic carbocycles. The van der Waals surface area contributed by atoms with Crippen LogP contribution in [0.5, 0.6) is 0 Å². The van der Waals surface area contributed by atoms with Crippen LogP contribution in [0.3, 0.4) is 0 Å². The average Bonchev–Trinajstić information content (AvgIpc) is 1.64. The van der Waals surface area contributed by atoms with E-state index < -0.39 is 13.1 Å². The van der Waals surface area contributed by atoms with Crippen LogP contribution >= 0.6 is 7.14 Å². The summed E-state index contributed by atoms with van der Waals surface area (Å²) in [5, 5.41) is 0. The Morgan fingerprint density at radius 3 is 1.78 bits per heavy atom. The molecule has 56 valence electrons. The largest absolute Gasteiger partial charge is 0.439 e. The van der Waals surface area contributed by atoms with E-state index in [0.717, 1.165) is 6.66 Å². The molecule has 0 bridgehead atoms. The van der Waals surface area contributed by atoms with E-state index in [9.17, 15) is 17.7 Å². The summed E-state index contributed by atoms with van der Waals surface area (Å²) in [6.45, 7) is 2.03. The molecule has 9 heavy (non-hydrogen) atoms. The second kappa shape index (κ2) is 2.33. The maximum absolute atomic E-state index is 11.6. The predicted octanol–water partition coefficient (Wildman–Crippen LogP) is 2.52. The average molecular weight is 160 g/mol. The Labute approximate surface area is 51.6 Å². The smallest absolute Gasteiger partial charge is 0.314 e. The van der Waals surface area contributed by atoms with Crippen LogP contribution in [0.1, 0.15) is 6.92 Å². The second-order valence-corrected chi connectivity index (χ2v) is 5.23. The summed E-state index contributed by atoms with van der Waals surface area (Å²) in [6.07, 6.45) is -0.309. The lowest BCUT2D eigenvalue weighted by atomic mass is 11.0. The SMILES string of the molecule is CCP(C)(=O)C(F)(F)F. The first-order valence-corrected chi connectivity index (χ1v) is 4.78. The normalized spacial score (nSPS) is 19.2. The Morgan fingerprint density at radius 2 is 1.78 bits per heavy atom. The molecule has 0 aliphatic carbocycles. The summed E-state index contributed by atoms with van der Waals surface area (Å²) < 4.78 is 45.2. The maximum Gasteiger partial charge on any atom is 0.439 e. The van der Waals surface area contributed by atoms with Crippen molar-refractivity contribution in [3.8, 4) is 0 Å². The van der Waals surface area contributed by atoms with Crippen molar-refractivity contribution in [2.45, 2.75) is 12.8 Å². The molecule has 0 amide bonds. The molecule has 0 aliphatic rings. The summed E-state index contributed by atoms with van der Waals surface area (Å²) in [5.41, 5.74) is 0. The number of halogens is 3. The molecular weight excluding hydrogens is 152 g/mol. The van der Waals surface area contributed by atoms with Gasteiger partial charge in [-0.15, -0.1) is 0 Å². The highest BCUT2D eigenvalue weighted by atomic mass is 31.2. The highest BCUT2D eigenvalue weighted by Crippen LogP contribution is 2.57. The van der Waals surface area contributed by atoms with Gasteiger partial charge in [0.25, 0.3) is 0 Å². The van der Waals surface area contributed by atoms with Crippen molar-refractivity contribution < 1.29 is 17.7 Å². The lowest BCUT2D eigenvalue weighted by Crippen LogP contribution is -2.08. The number of rotatable bonds is 1. The van der Waals surface area contributed by atoms with Gasteiger partial charge in [0.2, 0.25) is 0 Å². The van der Waals surface area contributed by atoms with Crippen LogP contribution in [0.15, 0.2) is 0 Å². The zero-order chi connectivity index (χ0) is 7.71. The molecule has 0 spiro atoms. The molecule has 5 heteroatoms. The Hall–Kier alpha value is 0.0200. The van der Waals surface area contributed by atoms with Gasteiger partial charge in [0.05, 0.1) is 0 Å². The Balaban J connectivity index is 4.35. The van der Waals surface area contributed by atoms with E-state index in [4.69, 9.17) is 0 Å². The Bertz CT molecular complexity index is 139. The number of hydrogen-bond donors (Lipinski definition) is 0. The van der Waals surface area contributed by atoms with Crippen molar-refractivity contribution in [1.29, 1.82) is 0 Å². The minimum Gasteiger partial charge on any atom is -0.314 e. The van der Waals surface area contributed by atoms with Gasteiger partial charge in [0.15, 0.2) is 7.14 Å². The van der Waals surface area contributed by atoms with Crippen molar-refractivity contribution in [2.24, 2.45) is 0 Å². The number of alkyl halides is 3. The molecule has 0 heterocycles. The van der Waals surface area contributed by atoms with Gasteiger partial charge in [-0.05, 0) is 6.66 Å². The van der Waals surface area contributed by atoms with Gasteiger partial charge in [0, 0.05) is 6.16 Å². The van der Waals surface area contributed by atoms with E-state index in [-0.39, 0.29) is 6.16 Å². The molecule has 0 saturated carbocycles. The minimum atomic E-state index is -4.50. The van der Waals surface area contributed by atoms with E-state index in [1.54, 1.807) is 0 Å². The van der Waals surface area contributed by atoms with Crippen LogP contribution < -0.4 is 0 Å². The molecule has 0 radical (unpaired) electrons. The fraction of sp³-hybridized carbons (Fsp3) is 1.00. The first-order valence-electron chi connectivity index (χ1n) is 2.44. The third-order valence-electron chi connectivity index (χ3n) is 1.14. The van der Waals surface area contributed by atoms with E-state index in [1.165, 1.54) is 6.92 Å². The quantitative estimate of drug-likeness (QED) is 0.538. The number of hydrogen-bond acceptors (Lipinski definition) is 1. The maximum atomic E-state index is 11.6. The van der Waals surface area contributed by atoms with Crippen molar-refractivity contribution in [1.82, 2.24) is 0 Å². The van der Waals surface area contributed by atoms with Crippen LogP contribution in [0.25, 0.3) is 0 Å². The van der Waals surface area contributed by atoms with Crippen molar-refractivity contribution in [2.75, 3.05) is 12.8 Å². The van der Waals surface area contributed by atoms with Crippen molar-refractivity contribution in [3.05, 3.63) is 0 Å². The predicted molar refractivity (Wildman–Crippen MR) is 30.1 cm³/mol. The zero-order valence-electron chi connectivity index (χ0n) is 5.20. The van der Waals surface area contributed by atoms with Gasteiger partial charge in [0.1, 0.15) is 0 Å². The summed E-state index contributed by atoms with van der Waals surface area (Å²) in [6, 6.07) is 0. The highest BCUT2D eigenvalue weighted by Gasteiger charge is 2.45. The summed E-state index contributed by atoms with van der Waals surface area (Å²) >= 11 is 0. The monoisotopic (exact) mass is 160 g/mol. The highest BCUT2D eigenvalue weighted by molar-refractivity contribution is 7.64. The van der Waals surface area contributed by atoms with Gasteiger partial charge < -0.3 is 4.57 Å². The fourth-order valence-corrected chi connectivity index (χ4v) is 0.538. The summed E-state index contributed by atoms with van der Waals surface area (Å²) in [4.78, 5) is 0. The Morgan fingerprint density at radius 1 is 1.44 bits per heavy atom. The standard InChI is InChI=1S/C4H8F3OP/c1-3-9(2,8)4(5,6)7/h3H2,1-2H3. The van der Waals surface area contributed by atoms with Gasteiger partial charge in [-0.1, -0.05) is 6.92 Å². The summed E-state index contributed by atoms with van der Waals surface area (Å²) in [7, 11) is -3.86. The van der Waals surface area contributed by atoms with Crippen molar-refractivity contribution in [3.63, 3.8) is 0 Å². The first-order chi connectivity index (χ1) is 3.81. The van der Waals surface area contributed by atoms with Crippen molar-refractivity contribution >= 4 is 7.14 Å². The molecule has 0 saturated heterocycles. The lowest BCUT2D eigenvalue weighted by Gasteiger charge is -2.13. The fourth-order valence-electron chi connectivity index (χ4n) is 0.179. The molecule has 1 atom stereocenters.